The van der Waals surface area contributed by atoms with Crippen molar-refractivity contribution in [1.29, 1.82) is 0 Å². The molecule has 0 saturated carbocycles. The SMILES string of the molecule is Cc1cc(NCc2nc3ccccc3c(=O)[nH]2)c2ccccc2n1. The second-order valence-corrected chi connectivity index (χ2v) is 5.71. The molecule has 0 saturated heterocycles. The van der Waals surface area contributed by atoms with Crippen molar-refractivity contribution in [3.63, 3.8) is 0 Å². The molecule has 0 aliphatic rings. The van der Waals surface area contributed by atoms with E-state index in [0.29, 0.717) is 23.3 Å². The van der Waals surface area contributed by atoms with Gasteiger partial charge in [0.2, 0.25) is 0 Å². The maximum Gasteiger partial charge on any atom is 0.258 e. The Balaban J connectivity index is 1.69. The summed E-state index contributed by atoms with van der Waals surface area (Å²) in [6, 6.07) is 17.3. The van der Waals surface area contributed by atoms with E-state index in [2.05, 4.69) is 20.3 Å². The van der Waals surface area contributed by atoms with Crippen LogP contribution in [0.4, 0.5) is 5.69 Å². The van der Waals surface area contributed by atoms with Crippen LogP contribution in [0.1, 0.15) is 11.5 Å². The average Bonchev–Trinajstić information content (AvgIpc) is 2.59. The first-order valence-corrected chi connectivity index (χ1v) is 7.79. The quantitative estimate of drug-likeness (QED) is 0.608. The van der Waals surface area contributed by atoms with Crippen molar-refractivity contribution < 1.29 is 0 Å². The fourth-order valence-corrected chi connectivity index (χ4v) is 2.85. The molecule has 0 atom stereocenters. The summed E-state index contributed by atoms with van der Waals surface area (Å²) < 4.78 is 0. The summed E-state index contributed by atoms with van der Waals surface area (Å²) in [6.45, 7) is 2.40. The van der Waals surface area contributed by atoms with Crippen LogP contribution in [0.3, 0.4) is 0 Å². The predicted octanol–water partition coefficient (Wildman–Crippen LogP) is 3.39. The minimum atomic E-state index is -0.117. The van der Waals surface area contributed by atoms with Crippen molar-refractivity contribution in [2.75, 3.05) is 5.32 Å². The smallest absolute Gasteiger partial charge is 0.258 e. The van der Waals surface area contributed by atoms with E-state index >= 15 is 0 Å². The molecule has 4 rings (SSSR count). The van der Waals surface area contributed by atoms with Crippen molar-refractivity contribution in [2.45, 2.75) is 13.5 Å². The molecule has 24 heavy (non-hydrogen) atoms. The van der Waals surface area contributed by atoms with Crippen LogP contribution in [0.2, 0.25) is 0 Å². The molecule has 0 aliphatic heterocycles. The number of nitrogens with zero attached hydrogens (tertiary/aromatic N) is 2. The van der Waals surface area contributed by atoms with Crippen molar-refractivity contribution in [3.8, 4) is 0 Å². The van der Waals surface area contributed by atoms with Gasteiger partial charge in [0, 0.05) is 16.8 Å². The van der Waals surface area contributed by atoms with E-state index in [-0.39, 0.29) is 5.56 Å². The van der Waals surface area contributed by atoms with E-state index in [1.807, 2.05) is 55.5 Å². The Morgan fingerprint density at radius 3 is 2.42 bits per heavy atom. The van der Waals surface area contributed by atoms with Crippen LogP contribution >= 0.6 is 0 Å². The first-order chi connectivity index (χ1) is 11.7. The van der Waals surface area contributed by atoms with Gasteiger partial charge in [0.1, 0.15) is 5.82 Å². The molecule has 0 spiro atoms. The van der Waals surface area contributed by atoms with Gasteiger partial charge in [-0.3, -0.25) is 9.78 Å². The Morgan fingerprint density at radius 1 is 0.958 bits per heavy atom. The number of fused-ring (bicyclic) bond motifs is 2. The summed E-state index contributed by atoms with van der Waals surface area (Å²) in [5, 5.41) is 5.01. The Kier molecular flexibility index (Phi) is 3.46. The number of benzene rings is 2. The summed E-state index contributed by atoms with van der Waals surface area (Å²) in [4.78, 5) is 24.0. The summed E-state index contributed by atoms with van der Waals surface area (Å²) >= 11 is 0. The van der Waals surface area contributed by atoms with E-state index < -0.39 is 0 Å². The molecule has 5 nitrogen and oxygen atoms in total. The second-order valence-electron chi connectivity index (χ2n) is 5.71. The number of nitrogens with one attached hydrogen (secondary N) is 2. The number of aryl methyl sites for hydroxylation is 1. The number of para-hydroxylation sites is 2. The van der Waals surface area contributed by atoms with Crippen LogP contribution in [-0.4, -0.2) is 15.0 Å². The van der Waals surface area contributed by atoms with E-state index in [1.54, 1.807) is 6.07 Å². The average molecular weight is 316 g/mol. The van der Waals surface area contributed by atoms with Crippen LogP contribution in [0.5, 0.6) is 0 Å². The van der Waals surface area contributed by atoms with Gasteiger partial charge in [-0.25, -0.2) is 4.98 Å². The van der Waals surface area contributed by atoms with Gasteiger partial charge < -0.3 is 10.3 Å². The lowest BCUT2D eigenvalue weighted by molar-refractivity contribution is 0.954. The van der Waals surface area contributed by atoms with Gasteiger partial charge in [0.05, 0.1) is 23.0 Å². The lowest BCUT2D eigenvalue weighted by Crippen LogP contribution is -2.14. The number of hydrogen-bond acceptors (Lipinski definition) is 4. The van der Waals surface area contributed by atoms with Gasteiger partial charge in [0.15, 0.2) is 0 Å². The first kappa shape index (κ1) is 14.4. The van der Waals surface area contributed by atoms with Crippen LogP contribution in [-0.2, 0) is 6.54 Å². The van der Waals surface area contributed by atoms with Gasteiger partial charge in [-0.05, 0) is 31.2 Å². The van der Waals surface area contributed by atoms with Crippen LogP contribution in [0, 0.1) is 6.92 Å². The summed E-state index contributed by atoms with van der Waals surface area (Å²) in [5.74, 6) is 0.609. The Bertz CT molecular complexity index is 1100. The topological polar surface area (TPSA) is 70.7 Å². The molecule has 118 valence electrons. The summed E-state index contributed by atoms with van der Waals surface area (Å²) in [7, 11) is 0. The Hall–Kier alpha value is -3.21. The highest BCUT2D eigenvalue weighted by Gasteiger charge is 2.06. The van der Waals surface area contributed by atoms with Gasteiger partial charge in [-0.15, -0.1) is 0 Å². The molecule has 0 aliphatic carbocycles. The van der Waals surface area contributed by atoms with Gasteiger partial charge >= 0.3 is 0 Å². The molecular formula is C19H16N4O. The third-order valence-electron chi connectivity index (χ3n) is 3.95. The zero-order chi connectivity index (χ0) is 16.5. The number of aromatic amines is 1. The Labute approximate surface area is 138 Å². The van der Waals surface area contributed by atoms with Gasteiger partial charge in [0.25, 0.3) is 5.56 Å². The van der Waals surface area contributed by atoms with E-state index in [1.165, 1.54) is 0 Å². The predicted molar refractivity (Wildman–Crippen MR) is 96.2 cm³/mol. The molecule has 0 bridgehead atoms. The lowest BCUT2D eigenvalue weighted by atomic mass is 10.1. The second kappa shape index (κ2) is 5.77. The zero-order valence-corrected chi connectivity index (χ0v) is 13.2. The minimum Gasteiger partial charge on any atom is -0.377 e. The molecule has 0 fully saturated rings. The molecular weight excluding hydrogens is 300 g/mol. The molecule has 4 aromatic rings. The normalized spacial score (nSPS) is 11.0. The maximum atomic E-state index is 12.1. The summed E-state index contributed by atoms with van der Waals surface area (Å²) in [6.07, 6.45) is 0. The number of pyridine rings is 1. The molecule has 0 amide bonds. The minimum absolute atomic E-state index is 0.117. The van der Waals surface area contributed by atoms with Crippen LogP contribution in [0.25, 0.3) is 21.8 Å². The zero-order valence-electron chi connectivity index (χ0n) is 13.2. The highest BCUT2D eigenvalue weighted by atomic mass is 16.1. The number of H-pyrrole nitrogens is 1. The summed E-state index contributed by atoms with van der Waals surface area (Å²) in [5.41, 5.74) is 3.45. The first-order valence-electron chi connectivity index (χ1n) is 7.79. The molecule has 2 N–H and O–H groups in total. The molecule has 0 radical (unpaired) electrons. The number of rotatable bonds is 3. The lowest BCUT2D eigenvalue weighted by Gasteiger charge is -2.10. The third kappa shape index (κ3) is 2.60. The maximum absolute atomic E-state index is 12.1. The number of aromatic nitrogens is 3. The van der Waals surface area contributed by atoms with Gasteiger partial charge in [-0.1, -0.05) is 30.3 Å². The number of anilines is 1. The van der Waals surface area contributed by atoms with Crippen LogP contribution in [0.15, 0.2) is 59.4 Å². The van der Waals surface area contributed by atoms with E-state index in [9.17, 15) is 4.79 Å². The molecule has 0 unspecified atom stereocenters. The van der Waals surface area contributed by atoms with Crippen LogP contribution < -0.4 is 10.9 Å². The van der Waals surface area contributed by atoms with Crippen molar-refractivity contribution in [2.24, 2.45) is 0 Å². The highest BCUT2D eigenvalue weighted by molar-refractivity contribution is 5.91. The molecule has 2 aromatic carbocycles. The standard InChI is InChI=1S/C19H16N4O/c1-12-10-17(13-6-2-4-8-15(13)21-12)20-11-18-22-16-9-5-3-7-14(16)19(24)23-18/h2-10H,11H2,1H3,(H,20,21)(H,22,23,24). The largest absolute Gasteiger partial charge is 0.377 e. The molecule has 2 heterocycles. The van der Waals surface area contributed by atoms with Crippen molar-refractivity contribution in [3.05, 3.63) is 76.5 Å². The molecule has 2 aromatic heterocycles. The fraction of sp³-hybridized carbons (Fsp3) is 0.105. The molecule has 5 heteroatoms. The van der Waals surface area contributed by atoms with Gasteiger partial charge in [-0.2, -0.15) is 0 Å². The fourth-order valence-electron chi connectivity index (χ4n) is 2.85. The third-order valence-corrected chi connectivity index (χ3v) is 3.95. The van der Waals surface area contributed by atoms with E-state index in [4.69, 9.17) is 0 Å². The van der Waals surface area contributed by atoms with Crippen molar-refractivity contribution in [1.82, 2.24) is 15.0 Å². The highest BCUT2D eigenvalue weighted by Crippen LogP contribution is 2.23. The Morgan fingerprint density at radius 2 is 1.62 bits per heavy atom. The monoisotopic (exact) mass is 316 g/mol. The van der Waals surface area contributed by atoms with E-state index in [0.717, 1.165) is 22.3 Å². The van der Waals surface area contributed by atoms with Crippen molar-refractivity contribution >= 4 is 27.5 Å². The number of hydrogen-bond donors (Lipinski definition) is 2.